The summed E-state index contributed by atoms with van der Waals surface area (Å²) < 4.78 is 5.47. The molecule has 1 saturated heterocycles. The maximum atomic E-state index is 12.5. The summed E-state index contributed by atoms with van der Waals surface area (Å²) in [5.41, 5.74) is 0.832. The Balaban J connectivity index is 1.44. The van der Waals surface area contributed by atoms with Crippen LogP contribution in [-0.4, -0.2) is 39.0 Å². The Morgan fingerprint density at radius 3 is 3.12 bits per heavy atom. The van der Waals surface area contributed by atoms with E-state index in [0.717, 1.165) is 29.8 Å². The molecule has 6 nitrogen and oxygen atoms in total. The van der Waals surface area contributed by atoms with Gasteiger partial charge < -0.3 is 9.42 Å². The van der Waals surface area contributed by atoms with Gasteiger partial charge >= 0.3 is 0 Å². The second-order valence-electron chi connectivity index (χ2n) is 6.13. The highest BCUT2D eigenvalue weighted by atomic mass is 32.1. The second kappa shape index (κ2) is 7.14. The first-order valence-corrected chi connectivity index (χ1v) is 9.22. The van der Waals surface area contributed by atoms with Gasteiger partial charge in [0.25, 0.3) is 0 Å². The smallest absolute Gasteiger partial charge is 0.231 e. The lowest BCUT2D eigenvalue weighted by Gasteiger charge is -2.31. The molecule has 1 aliphatic rings. The van der Waals surface area contributed by atoms with E-state index in [0.29, 0.717) is 24.7 Å². The van der Waals surface area contributed by atoms with Crippen LogP contribution in [0.15, 0.2) is 46.6 Å². The van der Waals surface area contributed by atoms with Crippen LogP contribution in [0.5, 0.6) is 0 Å². The lowest BCUT2D eigenvalue weighted by Crippen LogP contribution is -2.39. The molecule has 1 aliphatic heterocycles. The van der Waals surface area contributed by atoms with Gasteiger partial charge in [0, 0.05) is 35.9 Å². The number of aromatic nitrogens is 3. The molecule has 128 valence electrons. The number of rotatable bonds is 4. The fourth-order valence-corrected chi connectivity index (χ4v) is 3.79. The Morgan fingerprint density at radius 2 is 2.32 bits per heavy atom. The molecule has 4 heterocycles. The summed E-state index contributed by atoms with van der Waals surface area (Å²) in [6.45, 7) is 1.43. The standard InChI is InChI=1S/C18H18N4O2S/c23-16(10-15-6-3-9-25-15)22-8-2-5-14(12-22)18-20-17(21-24-18)13-4-1-7-19-11-13/h1,3-4,6-7,9,11,14H,2,5,8,10,12H2. The molecule has 3 aromatic heterocycles. The molecular weight excluding hydrogens is 336 g/mol. The highest BCUT2D eigenvalue weighted by molar-refractivity contribution is 7.10. The maximum Gasteiger partial charge on any atom is 0.231 e. The van der Waals surface area contributed by atoms with Crippen LogP contribution in [0.3, 0.4) is 0 Å². The van der Waals surface area contributed by atoms with Gasteiger partial charge in [-0.3, -0.25) is 9.78 Å². The second-order valence-corrected chi connectivity index (χ2v) is 7.17. The average molecular weight is 354 g/mol. The molecule has 3 aromatic rings. The predicted octanol–water partition coefficient (Wildman–Crippen LogP) is 3.14. The highest BCUT2D eigenvalue weighted by Crippen LogP contribution is 2.28. The molecule has 25 heavy (non-hydrogen) atoms. The van der Waals surface area contributed by atoms with E-state index in [4.69, 9.17) is 4.52 Å². The molecule has 1 amide bonds. The van der Waals surface area contributed by atoms with E-state index in [2.05, 4.69) is 15.1 Å². The van der Waals surface area contributed by atoms with Crippen molar-refractivity contribution in [3.05, 3.63) is 52.8 Å². The summed E-state index contributed by atoms with van der Waals surface area (Å²) in [7, 11) is 0. The van der Waals surface area contributed by atoms with Crippen LogP contribution in [0.25, 0.3) is 11.4 Å². The molecule has 0 aromatic carbocycles. The number of hydrogen-bond acceptors (Lipinski definition) is 6. The number of carbonyl (C=O) groups excluding carboxylic acids is 1. The van der Waals surface area contributed by atoms with Crippen LogP contribution in [0.1, 0.15) is 29.5 Å². The lowest BCUT2D eigenvalue weighted by atomic mass is 9.97. The van der Waals surface area contributed by atoms with Crippen LogP contribution in [0.2, 0.25) is 0 Å². The number of nitrogens with zero attached hydrogens (tertiary/aromatic N) is 4. The minimum absolute atomic E-state index is 0.0963. The van der Waals surface area contributed by atoms with Crippen LogP contribution in [-0.2, 0) is 11.2 Å². The molecule has 0 bridgehead atoms. The summed E-state index contributed by atoms with van der Waals surface area (Å²) in [5, 5.41) is 6.06. The fourth-order valence-electron chi connectivity index (χ4n) is 3.09. The van der Waals surface area contributed by atoms with Crippen molar-refractivity contribution < 1.29 is 9.32 Å². The number of amides is 1. The van der Waals surface area contributed by atoms with Crippen molar-refractivity contribution in [2.24, 2.45) is 0 Å². The Morgan fingerprint density at radius 1 is 1.36 bits per heavy atom. The molecule has 1 atom stereocenters. The zero-order chi connectivity index (χ0) is 17.1. The van der Waals surface area contributed by atoms with E-state index in [1.165, 1.54) is 0 Å². The van der Waals surface area contributed by atoms with E-state index in [1.54, 1.807) is 23.7 Å². The van der Waals surface area contributed by atoms with E-state index in [1.807, 2.05) is 34.5 Å². The zero-order valence-electron chi connectivity index (χ0n) is 13.7. The van der Waals surface area contributed by atoms with Crippen LogP contribution in [0, 0.1) is 0 Å². The number of hydrogen-bond donors (Lipinski definition) is 0. The summed E-state index contributed by atoms with van der Waals surface area (Å²) in [5.74, 6) is 1.41. The first kappa shape index (κ1) is 16.0. The number of pyridine rings is 1. The Kier molecular flexibility index (Phi) is 4.56. The van der Waals surface area contributed by atoms with Crippen molar-refractivity contribution in [2.45, 2.75) is 25.2 Å². The molecule has 4 rings (SSSR count). The Hall–Kier alpha value is -2.54. The van der Waals surface area contributed by atoms with Crippen LogP contribution >= 0.6 is 11.3 Å². The Labute approximate surface area is 149 Å². The third kappa shape index (κ3) is 3.61. The van der Waals surface area contributed by atoms with Crippen molar-refractivity contribution in [1.29, 1.82) is 0 Å². The molecule has 0 aliphatic carbocycles. The third-order valence-electron chi connectivity index (χ3n) is 4.39. The molecule has 0 radical (unpaired) electrons. The number of thiophene rings is 1. The Bertz CT molecular complexity index is 832. The quantitative estimate of drug-likeness (QED) is 0.720. The fraction of sp³-hybridized carbons (Fsp3) is 0.333. The van der Waals surface area contributed by atoms with Crippen LogP contribution in [0.4, 0.5) is 0 Å². The number of likely N-dealkylation sites (tertiary alicyclic amines) is 1. The monoisotopic (exact) mass is 354 g/mol. The van der Waals surface area contributed by atoms with Gasteiger partial charge in [-0.05, 0) is 36.4 Å². The molecule has 0 spiro atoms. The van der Waals surface area contributed by atoms with Crippen molar-refractivity contribution in [1.82, 2.24) is 20.0 Å². The maximum absolute atomic E-state index is 12.5. The van der Waals surface area contributed by atoms with Gasteiger partial charge in [-0.1, -0.05) is 11.2 Å². The van der Waals surface area contributed by atoms with Gasteiger partial charge in [0.05, 0.1) is 12.3 Å². The number of piperidine rings is 1. The highest BCUT2D eigenvalue weighted by Gasteiger charge is 2.28. The van der Waals surface area contributed by atoms with Gasteiger partial charge in [0.1, 0.15) is 0 Å². The molecule has 0 N–H and O–H groups in total. The molecule has 7 heteroatoms. The van der Waals surface area contributed by atoms with Crippen LogP contribution < -0.4 is 0 Å². The third-order valence-corrected chi connectivity index (χ3v) is 5.27. The predicted molar refractivity (Wildman–Crippen MR) is 94.1 cm³/mol. The minimum Gasteiger partial charge on any atom is -0.342 e. The van der Waals surface area contributed by atoms with E-state index in [-0.39, 0.29) is 11.8 Å². The summed E-state index contributed by atoms with van der Waals surface area (Å²) >= 11 is 1.62. The normalized spacial score (nSPS) is 17.6. The van der Waals surface area contributed by atoms with Crippen molar-refractivity contribution in [2.75, 3.05) is 13.1 Å². The topological polar surface area (TPSA) is 72.1 Å². The average Bonchev–Trinajstić information content (AvgIpc) is 3.34. The lowest BCUT2D eigenvalue weighted by molar-refractivity contribution is -0.131. The molecule has 0 saturated carbocycles. The summed E-state index contributed by atoms with van der Waals surface area (Å²) in [6, 6.07) is 7.73. The summed E-state index contributed by atoms with van der Waals surface area (Å²) in [6.07, 6.45) is 5.80. The van der Waals surface area contributed by atoms with E-state index >= 15 is 0 Å². The summed E-state index contributed by atoms with van der Waals surface area (Å²) in [4.78, 5) is 24.1. The molecule has 1 unspecified atom stereocenters. The van der Waals surface area contributed by atoms with Crippen molar-refractivity contribution in [3.8, 4) is 11.4 Å². The van der Waals surface area contributed by atoms with Crippen molar-refractivity contribution in [3.63, 3.8) is 0 Å². The van der Waals surface area contributed by atoms with Gasteiger partial charge in [-0.15, -0.1) is 11.3 Å². The molecule has 1 fully saturated rings. The van der Waals surface area contributed by atoms with Gasteiger partial charge in [-0.25, -0.2) is 0 Å². The van der Waals surface area contributed by atoms with Gasteiger partial charge in [0.15, 0.2) is 0 Å². The SMILES string of the molecule is O=C(Cc1cccs1)N1CCCC(c2nc(-c3cccnc3)no2)C1. The van der Waals surface area contributed by atoms with E-state index in [9.17, 15) is 4.79 Å². The van der Waals surface area contributed by atoms with Crippen molar-refractivity contribution >= 4 is 17.2 Å². The zero-order valence-corrected chi connectivity index (χ0v) is 14.5. The first-order chi connectivity index (χ1) is 12.3. The van der Waals surface area contributed by atoms with Gasteiger partial charge in [0.2, 0.25) is 17.6 Å². The van der Waals surface area contributed by atoms with Gasteiger partial charge in [-0.2, -0.15) is 4.98 Å². The molecular formula is C18H18N4O2S. The minimum atomic E-state index is 0.0963. The number of carbonyl (C=O) groups is 1. The largest absolute Gasteiger partial charge is 0.342 e. The first-order valence-electron chi connectivity index (χ1n) is 8.34. The van der Waals surface area contributed by atoms with E-state index < -0.39 is 0 Å².